The third-order valence-corrected chi connectivity index (χ3v) is 9.09. The number of carbonyl (C=O) groups is 1. The van der Waals surface area contributed by atoms with E-state index in [1.54, 1.807) is 6.92 Å². The molecule has 0 spiro atoms. The first kappa shape index (κ1) is 16.3. The maximum Gasteiger partial charge on any atom is 0.173 e. The molecular weight excluding hydrogens is 268 g/mol. The summed E-state index contributed by atoms with van der Waals surface area (Å²) in [7, 11) is -3.10. The minimum absolute atomic E-state index is 0.154. The average Bonchev–Trinajstić information content (AvgIpc) is 2.23. The Bertz CT molecular complexity index is 448. The predicted octanol–water partition coefficient (Wildman–Crippen LogP) is 4.49. The normalized spacial score (nSPS) is 12.5. The van der Waals surface area contributed by atoms with Crippen LogP contribution in [0, 0.1) is 0 Å². The number of benzene rings is 1. The van der Waals surface area contributed by atoms with Gasteiger partial charge in [0.2, 0.25) is 0 Å². The molecule has 0 unspecified atom stereocenters. The van der Waals surface area contributed by atoms with E-state index in [0.717, 1.165) is 23.6 Å². The molecule has 0 N–H and O–H groups in total. The molecule has 19 heavy (non-hydrogen) atoms. The average molecular weight is 295 g/mol. The molecule has 4 heteroatoms. The molecule has 0 amide bonds. The lowest BCUT2D eigenvalue weighted by Crippen LogP contribution is -2.42. The maximum atomic E-state index is 11.6. The summed E-state index contributed by atoms with van der Waals surface area (Å²) in [5, 5.41) is 0. The van der Waals surface area contributed by atoms with Gasteiger partial charge in [0.1, 0.15) is 0 Å². The van der Waals surface area contributed by atoms with Crippen molar-refractivity contribution in [1.82, 2.24) is 0 Å². The third kappa shape index (κ3) is 5.84. The van der Waals surface area contributed by atoms with Crippen LogP contribution in [0.5, 0.6) is 0 Å². The van der Waals surface area contributed by atoms with Crippen molar-refractivity contribution in [3.8, 4) is 0 Å². The minimum Gasteiger partial charge on any atom is -0.456 e. The Hall–Kier alpha value is -0.716. The monoisotopic (exact) mass is 294 g/mol. The zero-order valence-corrected chi connectivity index (χ0v) is 15.0. The molecule has 0 aliphatic rings. The van der Waals surface area contributed by atoms with Gasteiger partial charge < -0.3 is 4.12 Å². The number of aryl methyl sites for hydroxylation is 1. The highest BCUT2D eigenvalue weighted by Crippen LogP contribution is 2.22. The van der Waals surface area contributed by atoms with Crippen LogP contribution < -0.4 is 0 Å². The fraction of sp³-hybridized carbons (Fsp3) is 0.533. The quantitative estimate of drug-likeness (QED) is 0.571. The van der Waals surface area contributed by atoms with Crippen LogP contribution in [0.15, 0.2) is 24.3 Å². The third-order valence-electron chi connectivity index (χ3n) is 2.98. The summed E-state index contributed by atoms with van der Waals surface area (Å²) >= 11 is 0. The van der Waals surface area contributed by atoms with Gasteiger partial charge in [-0.15, -0.1) is 0 Å². The SMILES string of the molecule is CC(=O)c1ccccc1CC[Si](C)(C)O[Si](C)(C)C. The molecule has 0 radical (unpaired) electrons. The van der Waals surface area contributed by atoms with E-state index in [-0.39, 0.29) is 5.78 Å². The van der Waals surface area contributed by atoms with Crippen molar-refractivity contribution in [2.75, 3.05) is 0 Å². The fourth-order valence-corrected chi connectivity index (χ4v) is 10.3. The Kier molecular flexibility index (Phi) is 5.29. The van der Waals surface area contributed by atoms with Crippen LogP contribution >= 0.6 is 0 Å². The molecule has 1 aromatic carbocycles. The first-order valence-corrected chi connectivity index (χ1v) is 13.4. The van der Waals surface area contributed by atoms with Crippen LogP contribution in [0.3, 0.4) is 0 Å². The molecule has 0 bridgehead atoms. The zero-order valence-electron chi connectivity index (χ0n) is 13.0. The molecule has 0 heterocycles. The van der Waals surface area contributed by atoms with Crippen molar-refractivity contribution >= 4 is 22.4 Å². The molecule has 0 atom stereocenters. The number of carbonyl (C=O) groups excluding carboxylic acids is 1. The molecule has 0 aliphatic carbocycles. The van der Waals surface area contributed by atoms with E-state index in [9.17, 15) is 4.79 Å². The highest BCUT2D eigenvalue weighted by Gasteiger charge is 2.29. The molecule has 0 saturated heterocycles. The Balaban J connectivity index is 2.74. The fourth-order valence-electron chi connectivity index (χ4n) is 2.40. The van der Waals surface area contributed by atoms with Crippen molar-refractivity contribution in [2.24, 2.45) is 0 Å². The molecule has 0 fully saturated rings. The highest BCUT2D eigenvalue weighted by atomic mass is 28.4. The number of ketones is 1. The van der Waals surface area contributed by atoms with Gasteiger partial charge in [-0.25, -0.2) is 0 Å². The highest BCUT2D eigenvalue weighted by molar-refractivity contribution is 6.84. The first-order chi connectivity index (χ1) is 8.61. The van der Waals surface area contributed by atoms with Crippen molar-refractivity contribution < 1.29 is 8.91 Å². The van der Waals surface area contributed by atoms with Gasteiger partial charge in [-0.2, -0.15) is 0 Å². The van der Waals surface area contributed by atoms with Gasteiger partial charge in [0.25, 0.3) is 0 Å². The molecule has 1 rings (SSSR count). The number of hydrogen-bond donors (Lipinski definition) is 0. The van der Waals surface area contributed by atoms with Crippen molar-refractivity contribution in [1.29, 1.82) is 0 Å². The number of rotatable bonds is 6. The standard InChI is InChI=1S/C15H26O2Si2/c1-13(16)15-10-8-7-9-14(15)11-12-19(5,6)17-18(2,3)4/h7-10H,11-12H2,1-6H3. The van der Waals surface area contributed by atoms with E-state index in [4.69, 9.17) is 4.12 Å². The van der Waals surface area contributed by atoms with Crippen LogP contribution in [0.4, 0.5) is 0 Å². The largest absolute Gasteiger partial charge is 0.456 e. The van der Waals surface area contributed by atoms with Crippen molar-refractivity contribution in [3.63, 3.8) is 0 Å². The van der Waals surface area contributed by atoms with E-state index >= 15 is 0 Å². The molecule has 0 aliphatic heterocycles. The van der Waals surface area contributed by atoms with Crippen molar-refractivity contribution in [3.05, 3.63) is 35.4 Å². The molecule has 0 aromatic heterocycles. The predicted molar refractivity (Wildman–Crippen MR) is 86.9 cm³/mol. The van der Waals surface area contributed by atoms with E-state index in [2.05, 4.69) is 38.8 Å². The van der Waals surface area contributed by atoms with Crippen LogP contribution in [0.1, 0.15) is 22.8 Å². The van der Waals surface area contributed by atoms with E-state index in [0.29, 0.717) is 0 Å². The summed E-state index contributed by atoms with van der Waals surface area (Å²) in [4.78, 5) is 11.6. The van der Waals surface area contributed by atoms with Crippen LogP contribution in [0.2, 0.25) is 38.8 Å². The topological polar surface area (TPSA) is 26.3 Å². The summed E-state index contributed by atoms with van der Waals surface area (Å²) in [5.41, 5.74) is 2.02. The summed E-state index contributed by atoms with van der Waals surface area (Å²) in [6.45, 7) is 12.9. The van der Waals surface area contributed by atoms with Gasteiger partial charge in [-0.05, 0) is 57.7 Å². The molecule has 106 valence electrons. The number of hydrogen-bond acceptors (Lipinski definition) is 2. The lowest BCUT2D eigenvalue weighted by Gasteiger charge is -2.31. The second-order valence-electron chi connectivity index (χ2n) is 6.69. The minimum atomic E-state index is -1.63. The van der Waals surface area contributed by atoms with E-state index < -0.39 is 16.6 Å². The van der Waals surface area contributed by atoms with Gasteiger partial charge in [0, 0.05) is 5.56 Å². The molecule has 1 aromatic rings. The van der Waals surface area contributed by atoms with E-state index in [1.165, 1.54) is 0 Å². The molecule has 2 nitrogen and oxygen atoms in total. The Morgan fingerprint density at radius 2 is 1.68 bits per heavy atom. The summed E-state index contributed by atoms with van der Waals surface area (Å²) in [6, 6.07) is 9.00. The van der Waals surface area contributed by atoms with Gasteiger partial charge in [0.05, 0.1) is 0 Å². The Morgan fingerprint density at radius 3 is 2.21 bits per heavy atom. The van der Waals surface area contributed by atoms with Crippen LogP contribution in [-0.4, -0.2) is 22.4 Å². The summed E-state index contributed by atoms with van der Waals surface area (Å²) in [5.74, 6) is 0.154. The van der Waals surface area contributed by atoms with Crippen LogP contribution in [-0.2, 0) is 10.5 Å². The first-order valence-electron chi connectivity index (χ1n) is 6.90. The van der Waals surface area contributed by atoms with Crippen LogP contribution in [0.25, 0.3) is 0 Å². The zero-order chi connectivity index (χ0) is 14.7. The van der Waals surface area contributed by atoms with Crippen molar-refractivity contribution in [2.45, 2.75) is 52.1 Å². The second-order valence-corrected chi connectivity index (χ2v) is 15.7. The van der Waals surface area contributed by atoms with Gasteiger partial charge >= 0.3 is 0 Å². The lowest BCUT2D eigenvalue weighted by molar-refractivity contribution is 0.101. The lowest BCUT2D eigenvalue weighted by atomic mass is 10.0. The second kappa shape index (κ2) is 6.16. The Labute approximate surface area is 119 Å². The Morgan fingerprint density at radius 1 is 1.11 bits per heavy atom. The maximum absolute atomic E-state index is 11.6. The summed E-state index contributed by atoms with van der Waals surface area (Å²) in [6.07, 6.45) is 0.944. The van der Waals surface area contributed by atoms with E-state index in [1.807, 2.05) is 18.2 Å². The summed E-state index contributed by atoms with van der Waals surface area (Å²) < 4.78 is 6.34. The smallest absolute Gasteiger partial charge is 0.173 e. The number of Topliss-reactive ketones (excluding diaryl/α,β-unsaturated/α-hetero) is 1. The molecule has 0 saturated carbocycles. The van der Waals surface area contributed by atoms with Gasteiger partial charge in [-0.3, -0.25) is 4.79 Å². The molecular formula is C15H26O2Si2. The van der Waals surface area contributed by atoms with Gasteiger partial charge in [-0.1, -0.05) is 24.3 Å². The van der Waals surface area contributed by atoms with Gasteiger partial charge in [0.15, 0.2) is 22.4 Å².